The van der Waals surface area contributed by atoms with Gasteiger partial charge in [-0.2, -0.15) is 0 Å². The second-order valence-corrected chi connectivity index (χ2v) is 3.80. The van der Waals surface area contributed by atoms with Gasteiger partial charge in [0, 0.05) is 6.20 Å². The van der Waals surface area contributed by atoms with E-state index in [0.29, 0.717) is 12.5 Å². The van der Waals surface area contributed by atoms with Crippen LogP contribution in [0, 0.1) is 0 Å². The Morgan fingerprint density at radius 3 is 2.56 bits per heavy atom. The third-order valence-electron chi connectivity index (χ3n) is 2.51. The number of hydrogen-bond donors (Lipinski definition) is 1. The number of pyridine rings is 1. The summed E-state index contributed by atoms with van der Waals surface area (Å²) in [5.41, 5.74) is 2.56. The summed E-state index contributed by atoms with van der Waals surface area (Å²) in [4.78, 5) is 8.60. The van der Waals surface area contributed by atoms with Gasteiger partial charge in [0.1, 0.15) is 5.52 Å². The Bertz CT molecular complexity index is 654. The fourth-order valence-corrected chi connectivity index (χ4v) is 1.63. The highest BCUT2D eigenvalue weighted by Crippen LogP contribution is 2.09. The molecule has 88 valence electrons. The van der Waals surface area contributed by atoms with E-state index in [1.807, 2.05) is 42.5 Å². The monoisotopic (exact) mass is 237 g/mol. The SMILES string of the molecule is c1ccc(CNc2nnc3ccccc3n2)nc1. The number of benzene rings is 1. The van der Waals surface area contributed by atoms with Gasteiger partial charge in [0.15, 0.2) is 0 Å². The van der Waals surface area contributed by atoms with Crippen molar-refractivity contribution in [2.45, 2.75) is 6.54 Å². The van der Waals surface area contributed by atoms with Crippen LogP contribution in [0.1, 0.15) is 5.69 Å². The summed E-state index contributed by atoms with van der Waals surface area (Å²) in [5, 5.41) is 11.2. The van der Waals surface area contributed by atoms with Crippen LogP contribution >= 0.6 is 0 Å². The average Bonchev–Trinajstić information content (AvgIpc) is 2.46. The first kappa shape index (κ1) is 10.6. The Kier molecular flexibility index (Phi) is 2.79. The molecule has 0 aliphatic carbocycles. The van der Waals surface area contributed by atoms with Crippen molar-refractivity contribution >= 4 is 17.0 Å². The van der Waals surface area contributed by atoms with E-state index in [0.717, 1.165) is 16.7 Å². The van der Waals surface area contributed by atoms with E-state index in [9.17, 15) is 0 Å². The summed E-state index contributed by atoms with van der Waals surface area (Å²) >= 11 is 0. The van der Waals surface area contributed by atoms with Gasteiger partial charge < -0.3 is 5.32 Å². The molecule has 0 fully saturated rings. The van der Waals surface area contributed by atoms with Gasteiger partial charge in [-0.3, -0.25) is 4.98 Å². The smallest absolute Gasteiger partial charge is 0.243 e. The molecule has 0 radical (unpaired) electrons. The van der Waals surface area contributed by atoms with Gasteiger partial charge in [-0.1, -0.05) is 18.2 Å². The number of nitrogens with one attached hydrogen (secondary N) is 1. The Morgan fingerprint density at radius 2 is 1.72 bits per heavy atom. The van der Waals surface area contributed by atoms with Crippen molar-refractivity contribution in [2.24, 2.45) is 0 Å². The van der Waals surface area contributed by atoms with E-state index >= 15 is 0 Å². The van der Waals surface area contributed by atoms with E-state index < -0.39 is 0 Å². The maximum absolute atomic E-state index is 4.38. The van der Waals surface area contributed by atoms with Gasteiger partial charge in [0.2, 0.25) is 5.95 Å². The topological polar surface area (TPSA) is 63.6 Å². The Morgan fingerprint density at radius 1 is 0.889 bits per heavy atom. The minimum Gasteiger partial charge on any atom is -0.347 e. The fourth-order valence-electron chi connectivity index (χ4n) is 1.63. The zero-order chi connectivity index (χ0) is 12.2. The molecule has 3 rings (SSSR count). The van der Waals surface area contributed by atoms with E-state index in [1.165, 1.54) is 0 Å². The highest BCUT2D eigenvalue weighted by molar-refractivity contribution is 5.73. The average molecular weight is 237 g/mol. The molecule has 0 unspecified atom stereocenters. The zero-order valence-electron chi connectivity index (χ0n) is 9.61. The van der Waals surface area contributed by atoms with Gasteiger partial charge in [-0.05, 0) is 24.3 Å². The molecule has 0 aliphatic heterocycles. The van der Waals surface area contributed by atoms with Crippen molar-refractivity contribution in [1.82, 2.24) is 20.2 Å². The molecule has 2 heterocycles. The van der Waals surface area contributed by atoms with Gasteiger partial charge in [0.05, 0.1) is 17.8 Å². The van der Waals surface area contributed by atoms with Crippen LogP contribution in [0.15, 0.2) is 48.7 Å². The molecule has 0 aliphatic rings. The van der Waals surface area contributed by atoms with Crippen molar-refractivity contribution in [3.63, 3.8) is 0 Å². The zero-order valence-corrected chi connectivity index (χ0v) is 9.61. The number of aromatic nitrogens is 4. The maximum Gasteiger partial charge on any atom is 0.243 e. The van der Waals surface area contributed by atoms with Gasteiger partial charge in [0.25, 0.3) is 0 Å². The number of nitrogens with zero attached hydrogens (tertiary/aromatic N) is 4. The quantitative estimate of drug-likeness (QED) is 0.755. The van der Waals surface area contributed by atoms with Gasteiger partial charge in [-0.25, -0.2) is 4.98 Å². The molecule has 3 aromatic rings. The molecule has 0 amide bonds. The molecule has 2 aromatic heterocycles. The molecule has 0 bridgehead atoms. The van der Waals surface area contributed by atoms with Crippen molar-refractivity contribution in [3.8, 4) is 0 Å². The van der Waals surface area contributed by atoms with Crippen LogP contribution in [0.5, 0.6) is 0 Å². The normalized spacial score (nSPS) is 10.4. The van der Waals surface area contributed by atoms with Crippen LogP contribution in [0.3, 0.4) is 0 Å². The predicted molar refractivity (Wildman–Crippen MR) is 68.9 cm³/mol. The minimum atomic E-state index is 0.513. The third-order valence-corrected chi connectivity index (χ3v) is 2.51. The standard InChI is InChI=1S/C13H11N5/c1-2-7-12-11(6-1)16-13(18-17-12)15-9-10-5-3-4-8-14-10/h1-8H,9H2,(H,15,16,18). The Hall–Kier alpha value is -2.56. The van der Waals surface area contributed by atoms with E-state index in [2.05, 4.69) is 25.5 Å². The van der Waals surface area contributed by atoms with E-state index in [4.69, 9.17) is 0 Å². The third kappa shape index (κ3) is 2.24. The van der Waals surface area contributed by atoms with Crippen LogP contribution in [0.25, 0.3) is 11.0 Å². The van der Waals surface area contributed by atoms with Crippen LogP contribution < -0.4 is 5.32 Å². The molecule has 5 nitrogen and oxygen atoms in total. The highest BCUT2D eigenvalue weighted by atomic mass is 15.2. The molecule has 0 saturated carbocycles. The van der Waals surface area contributed by atoms with Crippen molar-refractivity contribution in [3.05, 3.63) is 54.4 Å². The number of fused-ring (bicyclic) bond motifs is 1. The van der Waals surface area contributed by atoms with Crippen LogP contribution in [0.4, 0.5) is 5.95 Å². The number of hydrogen-bond acceptors (Lipinski definition) is 5. The molecular weight excluding hydrogens is 226 g/mol. The maximum atomic E-state index is 4.38. The second kappa shape index (κ2) is 4.75. The van der Waals surface area contributed by atoms with Crippen molar-refractivity contribution in [1.29, 1.82) is 0 Å². The lowest BCUT2D eigenvalue weighted by atomic mass is 10.3. The van der Waals surface area contributed by atoms with Gasteiger partial charge in [-0.15, -0.1) is 10.2 Å². The first-order valence-electron chi connectivity index (χ1n) is 5.65. The molecule has 0 saturated heterocycles. The summed E-state index contributed by atoms with van der Waals surface area (Å²) in [5.74, 6) is 0.513. The number of para-hydroxylation sites is 1. The van der Waals surface area contributed by atoms with E-state index in [-0.39, 0.29) is 0 Å². The number of rotatable bonds is 3. The Balaban J connectivity index is 1.79. The molecule has 0 atom stereocenters. The summed E-state index contributed by atoms with van der Waals surface area (Å²) in [6, 6.07) is 13.4. The molecular formula is C13H11N5. The molecule has 5 heteroatoms. The fraction of sp³-hybridized carbons (Fsp3) is 0.0769. The van der Waals surface area contributed by atoms with Crippen molar-refractivity contribution < 1.29 is 0 Å². The number of anilines is 1. The highest BCUT2D eigenvalue weighted by Gasteiger charge is 2.00. The van der Waals surface area contributed by atoms with Crippen molar-refractivity contribution in [2.75, 3.05) is 5.32 Å². The summed E-state index contributed by atoms with van der Waals surface area (Å²) in [6.45, 7) is 0.584. The summed E-state index contributed by atoms with van der Waals surface area (Å²) < 4.78 is 0. The second-order valence-electron chi connectivity index (χ2n) is 3.80. The predicted octanol–water partition coefficient (Wildman–Crippen LogP) is 2.03. The summed E-state index contributed by atoms with van der Waals surface area (Å²) in [7, 11) is 0. The van der Waals surface area contributed by atoms with Crippen LogP contribution in [0.2, 0.25) is 0 Å². The minimum absolute atomic E-state index is 0.513. The lowest BCUT2D eigenvalue weighted by Crippen LogP contribution is -2.05. The van der Waals surface area contributed by atoms with Crippen LogP contribution in [-0.4, -0.2) is 20.2 Å². The Labute approximate surface area is 104 Å². The first-order chi connectivity index (χ1) is 8.92. The molecule has 18 heavy (non-hydrogen) atoms. The van der Waals surface area contributed by atoms with Gasteiger partial charge >= 0.3 is 0 Å². The first-order valence-corrected chi connectivity index (χ1v) is 5.65. The largest absolute Gasteiger partial charge is 0.347 e. The van der Waals surface area contributed by atoms with Crippen LogP contribution in [-0.2, 0) is 6.54 Å². The molecule has 1 N–H and O–H groups in total. The lowest BCUT2D eigenvalue weighted by Gasteiger charge is -2.03. The summed E-state index contributed by atoms with van der Waals surface area (Å²) in [6.07, 6.45) is 1.76. The lowest BCUT2D eigenvalue weighted by molar-refractivity contribution is 0.961. The van der Waals surface area contributed by atoms with E-state index in [1.54, 1.807) is 6.20 Å². The molecule has 1 aromatic carbocycles. The molecule has 0 spiro atoms.